The number of benzene rings is 2. The van der Waals surface area contributed by atoms with Crippen LogP contribution in [0.4, 0.5) is 5.13 Å². The molecular formula is C31H29N5O6S2. The zero-order valence-corrected chi connectivity index (χ0v) is 25.5. The molecule has 2 aromatic carbocycles. The standard InChI is InChI=1S/C31H29N5O6S2/c1-4-19-15-43-29-24(34-27(38)23(35-42-18(2)3)22-16-44-31(33-22)32-17-37)28(39)36(29)25(19)30(40)41-26(20-11-7-5-8-12-20)21-13-9-6-10-14-21/h4-14,16-18,24,26,29H,1,15H2,2-3H3,(H,34,38)(H,32,33,37)/t24?,29-/m1/s1. The number of oxime groups is 1. The molecular weight excluding hydrogens is 603 g/mol. The van der Waals surface area contributed by atoms with Crippen LogP contribution in [0.5, 0.6) is 0 Å². The first kappa shape index (κ1) is 30.7. The maximum Gasteiger partial charge on any atom is 0.356 e. The zero-order chi connectivity index (χ0) is 31.2. The van der Waals surface area contributed by atoms with Crippen LogP contribution in [-0.2, 0) is 28.8 Å². The Kier molecular flexibility index (Phi) is 9.56. The first-order valence-electron chi connectivity index (χ1n) is 13.6. The number of carbonyl (C=O) groups excluding carboxylic acids is 4. The van der Waals surface area contributed by atoms with E-state index in [0.29, 0.717) is 17.7 Å². The van der Waals surface area contributed by atoms with Crippen LogP contribution in [0.25, 0.3) is 0 Å². The second-order valence-corrected chi connectivity index (χ2v) is 11.9. The van der Waals surface area contributed by atoms with Gasteiger partial charge in [0.2, 0.25) is 6.41 Å². The average molecular weight is 632 g/mol. The van der Waals surface area contributed by atoms with E-state index in [-0.39, 0.29) is 28.3 Å². The highest BCUT2D eigenvalue weighted by Crippen LogP contribution is 2.42. The van der Waals surface area contributed by atoms with Crippen LogP contribution < -0.4 is 10.6 Å². The maximum absolute atomic E-state index is 13.8. The van der Waals surface area contributed by atoms with Gasteiger partial charge in [-0.2, -0.15) is 0 Å². The topological polar surface area (TPSA) is 139 Å². The number of thiazole rings is 1. The summed E-state index contributed by atoms with van der Waals surface area (Å²) in [6.45, 7) is 7.34. The van der Waals surface area contributed by atoms with Crippen molar-refractivity contribution >= 4 is 58.1 Å². The molecule has 0 radical (unpaired) electrons. The number of aromatic nitrogens is 1. The van der Waals surface area contributed by atoms with Gasteiger partial charge >= 0.3 is 5.97 Å². The quantitative estimate of drug-likeness (QED) is 0.101. The molecule has 0 spiro atoms. The molecule has 5 rings (SSSR count). The minimum absolute atomic E-state index is 0.0947. The highest BCUT2D eigenvalue weighted by Gasteiger charge is 2.54. The normalized spacial score (nSPS) is 18.0. The molecule has 2 N–H and O–H groups in total. The molecule has 44 heavy (non-hydrogen) atoms. The Balaban J connectivity index is 1.37. The predicted octanol–water partition coefficient (Wildman–Crippen LogP) is 4.01. The number of anilines is 1. The van der Waals surface area contributed by atoms with E-state index in [0.717, 1.165) is 22.5 Å². The van der Waals surface area contributed by atoms with Gasteiger partial charge in [0.15, 0.2) is 16.9 Å². The van der Waals surface area contributed by atoms with Crippen LogP contribution in [0, 0.1) is 0 Å². The molecule has 3 heterocycles. The summed E-state index contributed by atoms with van der Waals surface area (Å²) in [5.41, 5.74) is 2.22. The van der Waals surface area contributed by atoms with E-state index in [1.807, 2.05) is 60.7 Å². The molecule has 13 heteroatoms. The van der Waals surface area contributed by atoms with E-state index in [4.69, 9.17) is 9.57 Å². The Morgan fingerprint density at radius 3 is 2.36 bits per heavy atom. The molecule has 11 nitrogen and oxygen atoms in total. The Hall–Kier alpha value is -4.75. The highest BCUT2D eigenvalue weighted by atomic mass is 32.2. The van der Waals surface area contributed by atoms with E-state index >= 15 is 0 Å². The number of esters is 1. The van der Waals surface area contributed by atoms with Gasteiger partial charge < -0.3 is 20.2 Å². The van der Waals surface area contributed by atoms with Crippen molar-refractivity contribution in [2.75, 3.05) is 11.1 Å². The fourth-order valence-corrected chi connectivity index (χ4v) is 6.60. The van der Waals surface area contributed by atoms with E-state index in [2.05, 4.69) is 27.4 Å². The zero-order valence-electron chi connectivity index (χ0n) is 23.8. The van der Waals surface area contributed by atoms with Gasteiger partial charge in [0, 0.05) is 11.1 Å². The maximum atomic E-state index is 13.8. The number of hydrogen-bond acceptors (Lipinski definition) is 10. The fourth-order valence-electron chi connectivity index (χ4n) is 4.61. The van der Waals surface area contributed by atoms with Crippen molar-refractivity contribution in [3.05, 3.63) is 107 Å². The highest BCUT2D eigenvalue weighted by molar-refractivity contribution is 8.00. The number of thioether (sulfide) groups is 1. The Bertz CT molecular complexity index is 1580. The van der Waals surface area contributed by atoms with E-state index < -0.39 is 35.3 Å². The van der Waals surface area contributed by atoms with E-state index in [1.165, 1.54) is 16.7 Å². The van der Waals surface area contributed by atoms with Gasteiger partial charge in [-0.05, 0) is 30.5 Å². The molecule has 1 saturated heterocycles. The number of rotatable bonds is 12. The van der Waals surface area contributed by atoms with Crippen LogP contribution in [-0.4, -0.2) is 63.1 Å². The molecule has 2 aliphatic rings. The van der Waals surface area contributed by atoms with Gasteiger partial charge in [-0.25, -0.2) is 9.78 Å². The minimum atomic E-state index is -0.948. The lowest BCUT2D eigenvalue weighted by Gasteiger charge is -2.49. The van der Waals surface area contributed by atoms with E-state index in [1.54, 1.807) is 25.3 Å². The third-order valence-electron chi connectivity index (χ3n) is 6.65. The van der Waals surface area contributed by atoms with Gasteiger partial charge in [-0.15, -0.1) is 23.1 Å². The van der Waals surface area contributed by atoms with Crippen LogP contribution in [0.1, 0.15) is 36.8 Å². The van der Waals surface area contributed by atoms with Gasteiger partial charge in [-0.3, -0.25) is 19.3 Å². The number of nitrogens with one attached hydrogen (secondary N) is 2. The van der Waals surface area contributed by atoms with Gasteiger partial charge in [-0.1, -0.05) is 78.5 Å². The first-order valence-corrected chi connectivity index (χ1v) is 15.6. The Labute approximate surface area is 262 Å². The molecule has 0 aliphatic carbocycles. The lowest BCUT2D eigenvalue weighted by atomic mass is 10.0. The SMILES string of the molecule is C=CC1=C(C(=O)OC(c2ccccc2)c2ccccc2)N2C(=O)C(NC(=O)C(=NOC(C)C)c3csc(NC=O)n3)[C@H]2SC1. The summed E-state index contributed by atoms with van der Waals surface area (Å²) in [5, 5.41) is 10.4. The molecule has 0 saturated carbocycles. The van der Waals surface area contributed by atoms with Crippen LogP contribution >= 0.6 is 23.1 Å². The molecule has 2 atom stereocenters. The number of β-lactam (4-membered cyclic amide) rings is 1. The molecule has 3 aromatic rings. The van der Waals surface area contributed by atoms with Crippen LogP contribution in [0.15, 0.2) is 95.1 Å². The van der Waals surface area contributed by atoms with Crippen molar-refractivity contribution in [2.45, 2.75) is 37.5 Å². The van der Waals surface area contributed by atoms with Crippen molar-refractivity contribution in [3.8, 4) is 0 Å². The van der Waals surface area contributed by atoms with Crippen molar-refractivity contribution in [2.24, 2.45) is 5.16 Å². The molecule has 0 bridgehead atoms. The number of amides is 3. The fraction of sp³-hybridized carbons (Fsp3) is 0.226. The van der Waals surface area contributed by atoms with Gasteiger partial charge in [0.1, 0.15) is 28.9 Å². The molecule has 2 aliphatic heterocycles. The number of hydrogen-bond donors (Lipinski definition) is 2. The lowest BCUT2D eigenvalue weighted by molar-refractivity contribution is -0.154. The van der Waals surface area contributed by atoms with Gasteiger partial charge in [0.25, 0.3) is 11.8 Å². The number of allylic oxidation sites excluding steroid dienone is 1. The average Bonchev–Trinajstić information content (AvgIpc) is 3.50. The molecule has 1 unspecified atom stereocenters. The summed E-state index contributed by atoms with van der Waals surface area (Å²) >= 11 is 2.49. The molecule has 3 amide bonds. The van der Waals surface area contributed by atoms with Crippen molar-refractivity contribution in [1.82, 2.24) is 15.2 Å². The Morgan fingerprint density at radius 2 is 1.77 bits per heavy atom. The second kappa shape index (κ2) is 13.7. The number of ether oxygens (including phenoxy) is 1. The largest absolute Gasteiger partial charge is 0.448 e. The van der Waals surface area contributed by atoms with E-state index in [9.17, 15) is 19.2 Å². The lowest BCUT2D eigenvalue weighted by Crippen LogP contribution is -2.71. The summed E-state index contributed by atoms with van der Waals surface area (Å²) in [4.78, 5) is 62.4. The summed E-state index contributed by atoms with van der Waals surface area (Å²) in [6, 6.07) is 17.7. The number of carbonyl (C=O) groups is 4. The number of nitrogens with zero attached hydrogens (tertiary/aromatic N) is 3. The molecule has 1 aromatic heterocycles. The number of fused-ring (bicyclic) bond motifs is 1. The summed E-state index contributed by atoms with van der Waals surface area (Å²) in [6.07, 6.45) is 0.979. The van der Waals surface area contributed by atoms with Crippen molar-refractivity contribution in [3.63, 3.8) is 0 Å². The van der Waals surface area contributed by atoms with Crippen molar-refractivity contribution in [1.29, 1.82) is 0 Å². The molecule has 226 valence electrons. The predicted molar refractivity (Wildman–Crippen MR) is 168 cm³/mol. The summed E-state index contributed by atoms with van der Waals surface area (Å²) in [7, 11) is 0. The van der Waals surface area contributed by atoms with Crippen LogP contribution in [0.3, 0.4) is 0 Å². The summed E-state index contributed by atoms with van der Waals surface area (Å²) in [5.74, 6) is -1.47. The molecule has 1 fully saturated rings. The second-order valence-electron chi connectivity index (χ2n) is 9.94. The first-order chi connectivity index (χ1) is 21.3. The minimum Gasteiger partial charge on any atom is -0.448 e. The van der Waals surface area contributed by atoms with Crippen molar-refractivity contribution < 1.29 is 28.8 Å². The van der Waals surface area contributed by atoms with Crippen LogP contribution in [0.2, 0.25) is 0 Å². The van der Waals surface area contributed by atoms with Gasteiger partial charge in [0.05, 0.1) is 0 Å². The third-order valence-corrected chi connectivity index (χ3v) is 8.73. The smallest absolute Gasteiger partial charge is 0.356 e. The monoisotopic (exact) mass is 631 g/mol. The third kappa shape index (κ3) is 6.43. The summed E-state index contributed by atoms with van der Waals surface area (Å²) < 4.78 is 6.08. The Morgan fingerprint density at radius 1 is 1.11 bits per heavy atom.